The van der Waals surface area contributed by atoms with Gasteiger partial charge in [-0.15, -0.1) is 24.0 Å². The van der Waals surface area contributed by atoms with Gasteiger partial charge < -0.3 is 20.1 Å². The first kappa shape index (κ1) is 20.5. The first-order valence-corrected chi connectivity index (χ1v) is 9.74. The molecule has 2 unspecified atom stereocenters. The molecule has 0 bridgehead atoms. The van der Waals surface area contributed by atoms with Gasteiger partial charge in [0, 0.05) is 56.3 Å². The lowest BCUT2D eigenvalue weighted by Gasteiger charge is -2.19. The predicted molar refractivity (Wildman–Crippen MR) is 119 cm³/mol. The molecule has 3 aliphatic rings. The number of benzene rings is 1. The highest BCUT2D eigenvalue weighted by Crippen LogP contribution is 2.35. The zero-order chi connectivity index (χ0) is 18.1. The Kier molecular flexibility index (Phi) is 6.73. The molecule has 2 aliphatic heterocycles. The topological polar surface area (TPSA) is 58.1 Å². The van der Waals surface area contributed by atoms with E-state index in [9.17, 15) is 0 Å². The SMILES string of the molecule is CN=C(NCc1cc2c(cc1OC)CC(C)O2)NC1CCN(C2CC2)C1.I. The summed E-state index contributed by atoms with van der Waals surface area (Å²) >= 11 is 0. The van der Waals surface area contributed by atoms with Crippen molar-refractivity contribution in [2.75, 3.05) is 27.2 Å². The lowest BCUT2D eigenvalue weighted by atomic mass is 10.1. The summed E-state index contributed by atoms with van der Waals surface area (Å²) < 4.78 is 11.5. The number of hydrogen-bond donors (Lipinski definition) is 2. The van der Waals surface area contributed by atoms with Crippen LogP contribution in [0, 0.1) is 0 Å². The van der Waals surface area contributed by atoms with Crippen LogP contribution in [0.4, 0.5) is 0 Å². The van der Waals surface area contributed by atoms with Gasteiger partial charge >= 0.3 is 0 Å². The lowest BCUT2D eigenvalue weighted by molar-refractivity contribution is 0.254. The maximum atomic E-state index is 5.89. The Morgan fingerprint density at radius 3 is 2.85 bits per heavy atom. The molecule has 0 radical (unpaired) electrons. The van der Waals surface area contributed by atoms with Crippen molar-refractivity contribution in [2.45, 2.75) is 57.3 Å². The van der Waals surface area contributed by atoms with Gasteiger partial charge in [0.05, 0.1) is 7.11 Å². The molecule has 1 aromatic carbocycles. The van der Waals surface area contributed by atoms with Crippen LogP contribution in [0.15, 0.2) is 17.1 Å². The van der Waals surface area contributed by atoms with Crippen LogP contribution in [0.3, 0.4) is 0 Å². The molecule has 0 amide bonds. The van der Waals surface area contributed by atoms with E-state index in [-0.39, 0.29) is 30.1 Å². The molecule has 2 heterocycles. The largest absolute Gasteiger partial charge is 0.496 e. The maximum absolute atomic E-state index is 5.89. The maximum Gasteiger partial charge on any atom is 0.191 e. The molecular weight excluding hydrogens is 455 g/mol. The second-order valence-corrected chi connectivity index (χ2v) is 7.69. The Morgan fingerprint density at radius 1 is 1.33 bits per heavy atom. The molecular formula is C20H31IN4O2. The second kappa shape index (κ2) is 8.86. The van der Waals surface area contributed by atoms with Gasteiger partial charge in [0.1, 0.15) is 17.6 Å². The van der Waals surface area contributed by atoms with Gasteiger partial charge in [-0.25, -0.2) is 0 Å². The highest BCUT2D eigenvalue weighted by Gasteiger charge is 2.34. The van der Waals surface area contributed by atoms with E-state index >= 15 is 0 Å². The van der Waals surface area contributed by atoms with Crippen molar-refractivity contribution in [1.29, 1.82) is 0 Å². The number of ether oxygens (including phenoxy) is 2. The van der Waals surface area contributed by atoms with Gasteiger partial charge in [-0.3, -0.25) is 9.89 Å². The second-order valence-electron chi connectivity index (χ2n) is 7.69. The zero-order valence-electron chi connectivity index (χ0n) is 16.5. The zero-order valence-corrected chi connectivity index (χ0v) is 18.8. The minimum Gasteiger partial charge on any atom is -0.496 e. The molecule has 1 aromatic rings. The minimum atomic E-state index is 0. The summed E-state index contributed by atoms with van der Waals surface area (Å²) in [5.74, 6) is 2.74. The lowest BCUT2D eigenvalue weighted by Crippen LogP contribution is -2.44. The molecule has 0 spiro atoms. The number of nitrogens with zero attached hydrogens (tertiary/aromatic N) is 2. The van der Waals surface area contributed by atoms with Crippen LogP contribution in [-0.2, 0) is 13.0 Å². The number of methoxy groups -OCH3 is 1. The van der Waals surface area contributed by atoms with Crippen LogP contribution < -0.4 is 20.1 Å². The van der Waals surface area contributed by atoms with Crippen LogP contribution in [0.2, 0.25) is 0 Å². The molecule has 1 aliphatic carbocycles. The fourth-order valence-electron chi connectivity index (χ4n) is 4.05. The summed E-state index contributed by atoms with van der Waals surface area (Å²) in [6.45, 7) is 5.09. The Bertz CT molecular complexity index is 693. The highest BCUT2D eigenvalue weighted by atomic mass is 127. The Balaban J connectivity index is 0.00000210. The van der Waals surface area contributed by atoms with E-state index < -0.39 is 0 Å². The fourth-order valence-corrected chi connectivity index (χ4v) is 4.05. The van der Waals surface area contributed by atoms with Gasteiger partial charge in [0.15, 0.2) is 5.96 Å². The first-order chi connectivity index (χ1) is 12.7. The van der Waals surface area contributed by atoms with Crippen molar-refractivity contribution < 1.29 is 9.47 Å². The number of halogens is 1. The average molecular weight is 486 g/mol. The normalized spacial score (nSPS) is 24.8. The molecule has 2 fully saturated rings. The molecule has 150 valence electrons. The van der Waals surface area contributed by atoms with Crippen LogP contribution >= 0.6 is 24.0 Å². The molecule has 1 saturated heterocycles. The smallest absolute Gasteiger partial charge is 0.191 e. The van der Waals surface area contributed by atoms with Gasteiger partial charge in [0.25, 0.3) is 0 Å². The van der Waals surface area contributed by atoms with E-state index in [1.807, 2.05) is 7.05 Å². The quantitative estimate of drug-likeness (QED) is 0.381. The number of hydrogen-bond acceptors (Lipinski definition) is 4. The molecule has 2 atom stereocenters. The van der Waals surface area contributed by atoms with Crippen LogP contribution in [-0.4, -0.2) is 56.3 Å². The number of nitrogens with one attached hydrogen (secondary N) is 2. The van der Waals surface area contributed by atoms with Crippen molar-refractivity contribution >= 4 is 29.9 Å². The molecule has 1 saturated carbocycles. The molecule has 6 nitrogen and oxygen atoms in total. The van der Waals surface area contributed by atoms with E-state index in [2.05, 4.69) is 39.6 Å². The Hall–Kier alpha value is -1.22. The number of guanidine groups is 1. The molecule has 27 heavy (non-hydrogen) atoms. The predicted octanol–water partition coefficient (Wildman–Crippen LogP) is 2.54. The summed E-state index contributed by atoms with van der Waals surface area (Å²) in [4.78, 5) is 7.00. The molecule has 4 rings (SSSR count). The third-order valence-electron chi connectivity index (χ3n) is 5.59. The average Bonchev–Trinajstić information content (AvgIpc) is 3.27. The van der Waals surface area contributed by atoms with Crippen molar-refractivity contribution in [3.05, 3.63) is 23.3 Å². The first-order valence-electron chi connectivity index (χ1n) is 9.74. The number of likely N-dealkylation sites (tertiary alicyclic amines) is 1. The Morgan fingerprint density at radius 2 is 2.15 bits per heavy atom. The van der Waals surface area contributed by atoms with E-state index in [1.54, 1.807) is 7.11 Å². The summed E-state index contributed by atoms with van der Waals surface area (Å²) in [5.41, 5.74) is 2.32. The number of rotatable bonds is 5. The Labute approximate surface area is 179 Å². The van der Waals surface area contributed by atoms with Gasteiger partial charge in [0.2, 0.25) is 0 Å². The van der Waals surface area contributed by atoms with E-state index in [0.717, 1.165) is 42.0 Å². The monoisotopic (exact) mass is 486 g/mol. The summed E-state index contributed by atoms with van der Waals surface area (Å²) in [6.07, 6.45) is 5.12. The van der Waals surface area contributed by atoms with Gasteiger partial charge in [-0.05, 0) is 38.3 Å². The highest BCUT2D eigenvalue weighted by molar-refractivity contribution is 14.0. The van der Waals surface area contributed by atoms with Crippen molar-refractivity contribution in [1.82, 2.24) is 15.5 Å². The van der Waals surface area contributed by atoms with E-state index in [0.29, 0.717) is 12.6 Å². The molecule has 2 N–H and O–H groups in total. The summed E-state index contributed by atoms with van der Waals surface area (Å²) in [5, 5.41) is 7.00. The van der Waals surface area contributed by atoms with Crippen LogP contribution in [0.25, 0.3) is 0 Å². The van der Waals surface area contributed by atoms with Crippen molar-refractivity contribution in [3.8, 4) is 11.5 Å². The summed E-state index contributed by atoms with van der Waals surface area (Å²) in [7, 11) is 3.55. The van der Waals surface area contributed by atoms with Crippen LogP contribution in [0.1, 0.15) is 37.3 Å². The fraction of sp³-hybridized carbons (Fsp3) is 0.650. The molecule has 0 aromatic heterocycles. The summed E-state index contributed by atoms with van der Waals surface area (Å²) in [6, 6.07) is 5.53. The van der Waals surface area contributed by atoms with Crippen molar-refractivity contribution in [3.63, 3.8) is 0 Å². The number of aliphatic imine (C=N–C) groups is 1. The standard InChI is InChI=1S/C20H30N4O2.HI/c1-13-8-14-9-18(25-3)15(10-19(14)26-13)11-22-20(21-2)23-16-6-7-24(12-16)17-4-5-17;/h9-10,13,16-17H,4-8,11-12H2,1-3H3,(H2,21,22,23);1H. The minimum absolute atomic E-state index is 0. The van der Waals surface area contributed by atoms with Gasteiger partial charge in [-0.1, -0.05) is 0 Å². The third kappa shape index (κ3) is 4.80. The van der Waals surface area contributed by atoms with E-state index in [1.165, 1.54) is 31.4 Å². The van der Waals surface area contributed by atoms with E-state index in [4.69, 9.17) is 9.47 Å². The number of fused-ring (bicyclic) bond motifs is 1. The van der Waals surface area contributed by atoms with Crippen LogP contribution in [0.5, 0.6) is 11.5 Å². The molecule has 7 heteroatoms. The van der Waals surface area contributed by atoms with Crippen molar-refractivity contribution in [2.24, 2.45) is 4.99 Å². The third-order valence-corrected chi connectivity index (χ3v) is 5.59. The van der Waals surface area contributed by atoms with Gasteiger partial charge in [-0.2, -0.15) is 0 Å².